The lowest BCUT2D eigenvalue weighted by Gasteiger charge is -2.06. The number of nitrogens with one attached hydrogen (secondary N) is 1. The summed E-state index contributed by atoms with van der Waals surface area (Å²) in [6, 6.07) is 5.14. The van der Waals surface area contributed by atoms with Gasteiger partial charge in [-0.2, -0.15) is 4.98 Å². The normalized spacial score (nSPS) is 10.7. The Morgan fingerprint density at radius 2 is 2.00 bits per heavy atom. The van der Waals surface area contributed by atoms with Crippen LogP contribution in [0.4, 0.5) is 18.9 Å². The molecule has 128 valence electrons. The number of hydrogen-bond acceptors (Lipinski definition) is 5. The highest BCUT2D eigenvalue weighted by atomic mass is 19.2. The maximum Gasteiger partial charge on any atom is 0.227 e. The first kappa shape index (κ1) is 16.6. The van der Waals surface area contributed by atoms with Gasteiger partial charge < -0.3 is 9.84 Å². The second-order valence-corrected chi connectivity index (χ2v) is 5.02. The van der Waals surface area contributed by atoms with E-state index in [2.05, 4.69) is 20.4 Å². The molecule has 0 radical (unpaired) electrons. The minimum atomic E-state index is -1.64. The molecule has 1 amide bonds. The van der Waals surface area contributed by atoms with Crippen LogP contribution in [0, 0.1) is 17.5 Å². The lowest BCUT2D eigenvalue weighted by Crippen LogP contribution is -2.14. The Morgan fingerprint density at radius 3 is 2.76 bits per heavy atom. The fourth-order valence-electron chi connectivity index (χ4n) is 2.02. The van der Waals surface area contributed by atoms with Crippen LogP contribution in [0.2, 0.25) is 0 Å². The fraction of sp³-hybridized carbons (Fsp3) is 0.125. The topological polar surface area (TPSA) is 80.9 Å². The van der Waals surface area contributed by atoms with Crippen LogP contribution in [0.25, 0.3) is 11.4 Å². The number of hydrogen-bond donors (Lipinski definition) is 1. The number of anilines is 1. The summed E-state index contributed by atoms with van der Waals surface area (Å²) in [4.78, 5) is 19.9. The summed E-state index contributed by atoms with van der Waals surface area (Å²) >= 11 is 0. The number of carbonyl (C=O) groups is 1. The number of halogens is 3. The first-order chi connectivity index (χ1) is 12.0. The van der Waals surface area contributed by atoms with Gasteiger partial charge in [0, 0.05) is 30.8 Å². The van der Waals surface area contributed by atoms with Crippen molar-refractivity contribution in [1.29, 1.82) is 0 Å². The molecule has 0 spiro atoms. The molecular weight excluding hydrogens is 337 g/mol. The Hall–Kier alpha value is -3.23. The van der Waals surface area contributed by atoms with Crippen molar-refractivity contribution in [3.8, 4) is 11.4 Å². The van der Waals surface area contributed by atoms with Gasteiger partial charge in [-0.3, -0.25) is 9.78 Å². The first-order valence-corrected chi connectivity index (χ1v) is 7.21. The van der Waals surface area contributed by atoms with Crippen molar-refractivity contribution >= 4 is 11.6 Å². The van der Waals surface area contributed by atoms with Crippen LogP contribution in [0.3, 0.4) is 0 Å². The lowest BCUT2D eigenvalue weighted by atomic mass is 10.2. The highest BCUT2D eigenvalue weighted by Gasteiger charge is 2.16. The van der Waals surface area contributed by atoms with Gasteiger partial charge in [-0.1, -0.05) is 5.16 Å². The van der Waals surface area contributed by atoms with Crippen LogP contribution in [-0.4, -0.2) is 21.0 Å². The van der Waals surface area contributed by atoms with Gasteiger partial charge in [0.2, 0.25) is 17.6 Å². The third-order valence-corrected chi connectivity index (χ3v) is 3.26. The van der Waals surface area contributed by atoms with E-state index < -0.39 is 29.0 Å². The second-order valence-electron chi connectivity index (χ2n) is 5.02. The Kier molecular flexibility index (Phi) is 4.73. The van der Waals surface area contributed by atoms with Gasteiger partial charge in [-0.15, -0.1) is 0 Å². The highest BCUT2D eigenvalue weighted by Crippen LogP contribution is 2.20. The minimum Gasteiger partial charge on any atom is -0.339 e. The standard InChI is InChI=1S/C16H11F3N4O2/c17-10-3-4-11(15(19)14(10)18)21-12(24)5-6-13-22-16(23-25-13)9-2-1-7-20-8-9/h1-4,7-8H,5-6H2,(H,21,24). The first-order valence-electron chi connectivity index (χ1n) is 7.21. The summed E-state index contributed by atoms with van der Waals surface area (Å²) in [5.74, 6) is -4.49. The van der Waals surface area contributed by atoms with Crippen LogP contribution < -0.4 is 5.32 Å². The number of amides is 1. The molecule has 9 heteroatoms. The van der Waals surface area contributed by atoms with Gasteiger partial charge in [0.05, 0.1) is 5.69 Å². The van der Waals surface area contributed by atoms with Crippen molar-refractivity contribution in [3.05, 3.63) is 60.0 Å². The number of rotatable bonds is 5. The summed E-state index contributed by atoms with van der Waals surface area (Å²) in [6.45, 7) is 0. The van der Waals surface area contributed by atoms with E-state index in [1.165, 1.54) is 0 Å². The predicted molar refractivity (Wildman–Crippen MR) is 80.8 cm³/mol. The number of aryl methyl sites for hydroxylation is 1. The molecule has 0 aliphatic carbocycles. The van der Waals surface area contributed by atoms with Crippen molar-refractivity contribution in [1.82, 2.24) is 15.1 Å². The molecular formula is C16H11F3N4O2. The molecule has 0 aliphatic heterocycles. The number of nitrogens with zero attached hydrogens (tertiary/aromatic N) is 3. The molecule has 0 atom stereocenters. The van der Waals surface area contributed by atoms with Crippen molar-refractivity contribution in [2.24, 2.45) is 0 Å². The fourth-order valence-corrected chi connectivity index (χ4v) is 2.02. The Balaban J connectivity index is 1.60. The van der Waals surface area contributed by atoms with Gasteiger partial charge in [-0.05, 0) is 24.3 Å². The lowest BCUT2D eigenvalue weighted by molar-refractivity contribution is -0.116. The highest BCUT2D eigenvalue weighted by molar-refractivity contribution is 5.90. The van der Waals surface area contributed by atoms with Crippen molar-refractivity contribution in [2.45, 2.75) is 12.8 Å². The van der Waals surface area contributed by atoms with Crippen LogP contribution in [-0.2, 0) is 11.2 Å². The van der Waals surface area contributed by atoms with E-state index in [0.29, 0.717) is 11.4 Å². The molecule has 0 unspecified atom stereocenters. The SMILES string of the molecule is O=C(CCc1nc(-c2cccnc2)no1)Nc1ccc(F)c(F)c1F. The molecule has 0 bridgehead atoms. The molecule has 2 aromatic heterocycles. The molecule has 1 N–H and O–H groups in total. The average molecular weight is 348 g/mol. The molecule has 1 aromatic carbocycles. The van der Waals surface area contributed by atoms with E-state index in [9.17, 15) is 18.0 Å². The second kappa shape index (κ2) is 7.12. The summed E-state index contributed by atoms with van der Waals surface area (Å²) in [5, 5.41) is 5.94. The van der Waals surface area contributed by atoms with Crippen LogP contribution in [0.5, 0.6) is 0 Å². The zero-order chi connectivity index (χ0) is 17.8. The Labute approximate surface area is 139 Å². The van der Waals surface area contributed by atoms with Crippen LogP contribution >= 0.6 is 0 Å². The third kappa shape index (κ3) is 3.82. The molecule has 25 heavy (non-hydrogen) atoms. The molecule has 0 aliphatic rings. The van der Waals surface area contributed by atoms with E-state index in [1.54, 1.807) is 24.5 Å². The van der Waals surface area contributed by atoms with Gasteiger partial charge in [0.15, 0.2) is 17.5 Å². The van der Waals surface area contributed by atoms with Crippen molar-refractivity contribution in [2.75, 3.05) is 5.32 Å². The summed E-state index contributed by atoms with van der Waals surface area (Å²) in [6.07, 6.45) is 3.16. The maximum absolute atomic E-state index is 13.5. The quantitative estimate of drug-likeness (QED) is 0.717. The Morgan fingerprint density at radius 1 is 1.16 bits per heavy atom. The average Bonchev–Trinajstić information content (AvgIpc) is 3.10. The van der Waals surface area contributed by atoms with Gasteiger partial charge in [-0.25, -0.2) is 13.2 Å². The zero-order valence-electron chi connectivity index (χ0n) is 12.7. The largest absolute Gasteiger partial charge is 0.339 e. The van der Waals surface area contributed by atoms with Gasteiger partial charge in [0.1, 0.15) is 0 Å². The molecule has 0 fully saturated rings. The maximum atomic E-state index is 13.5. The molecule has 3 aromatic rings. The molecule has 3 rings (SSSR count). The van der Waals surface area contributed by atoms with Crippen LogP contribution in [0.15, 0.2) is 41.2 Å². The number of aromatic nitrogens is 3. The van der Waals surface area contributed by atoms with Crippen molar-refractivity contribution < 1.29 is 22.5 Å². The van der Waals surface area contributed by atoms with E-state index in [4.69, 9.17) is 4.52 Å². The van der Waals surface area contributed by atoms with E-state index in [0.717, 1.165) is 12.1 Å². The summed E-state index contributed by atoms with van der Waals surface area (Å²) < 4.78 is 44.5. The molecule has 0 saturated carbocycles. The number of carbonyl (C=O) groups excluding carboxylic acids is 1. The smallest absolute Gasteiger partial charge is 0.227 e. The molecule has 2 heterocycles. The van der Waals surface area contributed by atoms with E-state index in [1.807, 2.05) is 0 Å². The predicted octanol–water partition coefficient (Wildman–Crippen LogP) is 3.12. The monoisotopic (exact) mass is 348 g/mol. The van der Waals surface area contributed by atoms with Crippen molar-refractivity contribution in [3.63, 3.8) is 0 Å². The van der Waals surface area contributed by atoms with Crippen LogP contribution in [0.1, 0.15) is 12.3 Å². The molecule has 6 nitrogen and oxygen atoms in total. The summed E-state index contributed by atoms with van der Waals surface area (Å²) in [7, 11) is 0. The molecule has 0 saturated heterocycles. The number of pyridine rings is 1. The third-order valence-electron chi connectivity index (χ3n) is 3.26. The van der Waals surface area contributed by atoms with Gasteiger partial charge in [0.25, 0.3) is 0 Å². The minimum absolute atomic E-state index is 0.102. The Bertz CT molecular complexity index is 900. The van der Waals surface area contributed by atoms with E-state index >= 15 is 0 Å². The summed E-state index contributed by atoms with van der Waals surface area (Å²) in [5.41, 5.74) is 0.219. The zero-order valence-corrected chi connectivity index (χ0v) is 12.7. The van der Waals surface area contributed by atoms with Gasteiger partial charge >= 0.3 is 0 Å². The number of benzene rings is 1. The van der Waals surface area contributed by atoms with E-state index in [-0.39, 0.29) is 18.7 Å².